The van der Waals surface area contributed by atoms with Crippen molar-refractivity contribution in [1.29, 1.82) is 0 Å². The van der Waals surface area contributed by atoms with Crippen LogP contribution in [0.4, 0.5) is 19.0 Å². The highest BCUT2D eigenvalue weighted by atomic mass is 19.3. The van der Waals surface area contributed by atoms with E-state index in [0.717, 1.165) is 6.20 Å². The summed E-state index contributed by atoms with van der Waals surface area (Å²) in [5.41, 5.74) is 0.126. The molecule has 1 aliphatic rings. The maximum atomic E-state index is 14.7. The Bertz CT molecular complexity index is 930. The van der Waals surface area contributed by atoms with Gasteiger partial charge in [-0.25, -0.2) is 18.2 Å². The summed E-state index contributed by atoms with van der Waals surface area (Å²) in [5.74, 6) is -4.82. The number of anilines is 1. The first-order chi connectivity index (χ1) is 13.7. The van der Waals surface area contributed by atoms with Crippen molar-refractivity contribution in [2.24, 2.45) is 0 Å². The minimum atomic E-state index is -2.94. The average Bonchev–Trinajstić information content (AvgIpc) is 2.69. The first-order valence-electron chi connectivity index (χ1n) is 9.46. The van der Waals surface area contributed by atoms with Crippen LogP contribution in [0.15, 0.2) is 41.5 Å². The molecule has 1 amide bonds. The molecule has 9 heteroatoms. The fourth-order valence-electron chi connectivity index (χ4n) is 3.48. The van der Waals surface area contributed by atoms with Crippen LogP contribution in [0.3, 0.4) is 0 Å². The van der Waals surface area contributed by atoms with Crippen molar-refractivity contribution < 1.29 is 18.0 Å². The summed E-state index contributed by atoms with van der Waals surface area (Å²) in [6.45, 7) is 3.82. The zero-order valence-corrected chi connectivity index (χ0v) is 16.2. The Balaban J connectivity index is 1.76. The van der Waals surface area contributed by atoms with Gasteiger partial charge >= 0.3 is 0 Å². The van der Waals surface area contributed by atoms with Gasteiger partial charge in [0.15, 0.2) is 0 Å². The normalized spacial score (nSPS) is 20.2. The number of likely N-dealkylation sites (tertiary alicyclic amines) is 1. The largest absolute Gasteiger partial charge is 0.316 e. The molecular formula is C20H23F3N4O2. The van der Waals surface area contributed by atoms with E-state index in [1.807, 2.05) is 0 Å². The molecule has 0 bridgehead atoms. The molecule has 29 heavy (non-hydrogen) atoms. The van der Waals surface area contributed by atoms with E-state index in [-0.39, 0.29) is 24.5 Å². The van der Waals surface area contributed by atoms with Crippen LogP contribution in [0, 0.1) is 5.82 Å². The van der Waals surface area contributed by atoms with Gasteiger partial charge in [0, 0.05) is 38.3 Å². The van der Waals surface area contributed by atoms with Gasteiger partial charge in [0.2, 0.25) is 5.91 Å². The summed E-state index contributed by atoms with van der Waals surface area (Å²) in [4.78, 5) is 29.8. The lowest BCUT2D eigenvalue weighted by Crippen LogP contribution is -2.52. The maximum absolute atomic E-state index is 14.7. The lowest BCUT2D eigenvalue weighted by molar-refractivity contribution is -0.125. The SMILES string of the molecule is CCn1cc(C2CN([C@@H](C)C(=O)Nc3ccc(F)cn3)CCC2(F)F)ccc1=O. The molecule has 2 atom stereocenters. The van der Waals surface area contributed by atoms with Gasteiger partial charge in [-0.1, -0.05) is 6.07 Å². The van der Waals surface area contributed by atoms with E-state index < -0.39 is 36.0 Å². The van der Waals surface area contributed by atoms with Gasteiger partial charge in [-0.3, -0.25) is 14.5 Å². The van der Waals surface area contributed by atoms with E-state index >= 15 is 0 Å². The number of carbonyl (C=O) groups is 1. The Kier molecular flexibility index (Phi) is 6.07. The van der Waals surface area contributed by atoms with Gasteiger partial charge < -0.3 is 9.88 Å². The predicted molar refractivity (Wildman–Crippen MR) is 103 cm³/mol. The third-order valence-electron chi connectivity index (χ3n) is 5.31. The first-order valence-corrected chi connectivity index (χ1v) is 9.46. The molecule has 3 rings (SSSR count). The Morgan fingerprint density at radius 2 is 2.10 bits per heavy atom. The minimum Gasteiger partial charge on any atom is -0.316 e. The quantitative estimate of drug-likeness (QED) is 0.826. The number of nitrogens with one attached hydrogen (secondary N) is 1. The number of aryl methyl sites for hydroxylation is 1. The van der Waals surface area contributed by atoms with Gasteiger partial charge in [-0.15, -0.1) is 0 Å². The number of nitrogens with zero attached hydrogens (tertiary/aromatic N) is 3. The lowest BCUT2D eigenvalue weighted by atomic mass is 9.87. The molecule has 1 aliphatic heterocycles. The fourth-order valence-corrected chi connectivity index (χ4v) is 3.48. The third-order valence-corrected chi connectivity index (χ3v) is 5.31. The molecule has 3 heterocycles. The second kappa shape index (κ2) is 8.36. The maximum Gasteiger partial charge on any atom is 0.257 e. The van der Waals surface area contributed by atoms with Crippen LogP contribution >= 0.6 is 0 Å². The number of aromatic nitrogens is 2. The van der Waals surface area contributed by atoms with Crippen molar-refractivity contribution in [3.63, 3.8) is 0 Å². The van der Waals surface area contributed by atoms with Crippen LogP contribution in [0.1, 0.15) is 31.7 Å². The van der Waals surface area contributed by atoms with Crippen molar-refractivity contribution in [2.45, 2.75) is 44.7 Å². The molecule has 2 aromatic rings. The predicted octanol–water partition coefficient (Wildman–Crippen LogP) is 2.85. The van der Waals surface area contributed by atoms with Crippen molar-refractivity contribution in [1.82, 2.24) is 14.5 Å². The molecular weight excluding hydrogens is 385 g/mol. The topological polar surface area (TPSA) is 67.2 Å². The fraction of sp³-hybridized carbons (Fsp3) is 0.450. The van der Waals surface area contributed by atoms with E-state index in [1.54, 1.807) is 18.7 Å². The Morgan fingerprint density at radius 1 is 1.34 bits per heavy atom. The highest BCUT2D eigenvalue weighted by molar-refractivity contribution is 5.93. The molecule has 1 N–H and O–H groups in total. The van der Waals surface area contributed by atoms with Gasteiger partial charge in [0.25, 0.3) is 11.5 Å². The van der Waals surface area contributed by atoms with E-state index in [4.69, 9.17) is 0 Å². The zero-order valence-electron chi connectivity index (χ0n) is 16.2. The number of amides is 1. The zero-order chi connectivity index (χ0) is 21.2. The van der Waals surface area contributed by atoms with Crippen molar-refractivity contribution in [3.8, 4) is 0 Å². The van der Waals surface area contributed by atoms with Crippen LogP contribution in [0.25, 0.3) is 0 Å². The van der Waals surface area contributed by atoms with E-state index in [9.17, 15) is 22.8 Å². The monoisotopic (exact) mass is 408 g/mol. The van der Waals surface area contributed by atoms with Crippen molar-refractivity contribution in [2.75, 3.05) is 18.4 Å². The second-order valence-corrected chi connectivity index (χ2v) is 7.17. The molecule has 156 valence electrons. The molecule has 1 saturated heterocycles. The summed E-state index contributed by atoms with van der Waals surface area (Å²) < 4.78 is 43.6. The highest BCUT2D eigenvalue weighted by Gasteiger charge is 2.46. The van der Waals surface area contributed by atoms with Gasteiger partial charge in [0.1, 0.15) is 11.6 Å². The summed E-state index contributed by atoms with van der Waals surface area (Å²) in [7, 11) is 0. The van der Waals surface area contributed by atoms with Crippen LogP contribution in [0.5, 0.6) is 0 Å². The second-order valence-electron chi connectivity index (χ2n) is 7.17. The molecule has 6 nitrogen and oxygen atoms in total. The number of hydrogen-bond donors (Lipinski definition) is 1. The minimum absolute atomic E-state index is 0.0274. The first kappa shape index (κ1) is 21.0. The highest BCUT2D eigenvalue weighted by Crippen LogP contribution is 2.40. The van der Waals surface area contributed by atoms with Crippen molar-refractivity contribution in [3.05, 3.63) is 58.4 Å². The molecule has 0 aromatic carbocycles. The smallest absolute Gasteiger partial charge is 0.257 e. The standard InChI is InChI=1S/C20H23F3N4O2/c1-3-26-11-14(4-7-18(26)28)16-12-27(9-8-20(16,22)23)13(2)19(29)25-17-6-5-15(21)10-24-17/h4-7,10-11,13,16H,3,8-9,12H2,1-2H3,(H,24,25,29)/t13-,16?/m0/s1. The van der Waals surface area contributed by atoms with E-state index in [1.165, 1.54) is 35.0 Å². The van der Waals surface area contributed by atoms with Crippen molar-refractivity contribution >= 4 is 11.7 Å². The number of carbonyl (C=O) groups excluding carboxylic acids is 1. The van der Waals surface area contributed by atoms with E-state index in [0.29, 0.717) is 12.1 Å². The molecule has 2 aromatic heterocycles. The number of halogens is 3. The van der Waals surface area contributed by atoms with E-state index in [2.05, 4.69) is 10.3 Å². The number of pyridine rings is 2. The summed E-state index contributed by atoms with van der Waals surface area (Å²) in [6.07, 6.45) is 2.06. The average molecular weight is 408 g/mol. The Morgan fingerprint density at radius 3 is 2.76 bits per heavy atom. The number of hydrogen-bond acceptors (Lipinski definition) is 4. The number of piperidine rings is 1. The molecule has 0 spiro atoms. The van der Waals surface area contributed by atoms with Gasteiger partial charge in [-0.05, 0) is 31.5 Å². The Hall–Kier alpha value is -2.68. The van der Waals surface area contributed by atoms with Crippen LogP contribution in [-0.4, -0.2) is 45.4 Å². The number of rotatable bonds is 5. The van der Waals surface area contributed by atoms with Crippen LogP contribution in [0.2, 0.25) is 0 Å². The molecule has 1 fully saturated rings. The molecule has 0 aliphatic carbocycles. The summed E-state index contributed by atoms with van der Waals surface area (Å²) >= 11 is 0. The van der Waals surface area contributed by atoms with Crippen LogP contribution in [-0.2, 0) is 11.3 Å². The molecule has 1 unspecified atom stereocenters. The summed E-state index contributed by atoms with van der Waals surface area (Å²) in [6, 6.07) is 4.56. The molecule has 0 saturated carbocycles. The van der Waals surface area contributed by atoms with Gasteiger partial charge in [0.05, 0.1) is 18.2 Å². The van der Waals surface area contributed by atoms with Crippen LogP contribution < -0.4 is 10.9 Å². The summed E-state index contributed by atoms with van der Waals surface area (Å²) in [5, 5.41) is 2.58. The third kappa shape index (κ3) is 4.67. The van der Waals surface area contributed by atoms with Gasteiger partial charge in [-0.2, -0.15) is 0 Å². The Labute approximate surface area is 166 Å². The lowest BCUT2D eigenvalue weighted by Gasteiger charge is -2.40. The number of alkyl halides is 2. The molecule has 0 radical (unpaired) electrons.